The molecule has 2 aliphatic carbocycles. The molecule has 4 aromatic rings. The quantitative estimate of drug-likeness (QED) is 0.332. The van der Waals surface area contributed by atoms with Crippen LogP contribution in [0.2, 0.25) is 0 Å². The molecule has 7 rings (SSSR count). The van der Waals surface area contributed by atoms with Gasteiger partial charge in [0.2, 0.25) is 0 Å². The summed E-state index contributed by atoms with van der Waals surface area (Å²) >= 11 is 0. The number of aryl methyl sites for hydroxylation is 2. The molecule has 1 N–H and O–H groups in total. The molecule has 0 spiro atoms. The zero-order valence-corrected chi connectivity index (χ0v) is 23.4. The molecule has 7 nitrogen and oxygen atoms in total. The summed E-state index contributed by atoms with van der Waals surface area (Å²) in [6.45, 7) is 1.12. The number of aromatic nitrogens is 4. The van der Waals surface area contributed by atoms with Gasteiger partial charge in [0.25, 0.3) is 6.43 Å². The third-order valence-corrected chi connectivity index (χ3v) is 9.36. The fraction of sp³-hybridized carbons (Fsp3) is 0.406. The summed E-state index contributed by atoms with van der Waals surface area (Å²) in [5, 5.41) is 12.3. The maximum atomic E-state index is 14.5. The number of halogens is 2. The van der Waals surface area contributed by atoms with Crippen LogP contribution in [0.5, 0.6) is 0 Å². The Morgan fingerprint density at radius 1 is 1.15 bits per heavy atom. The van der Waals surface area contributed by atoms with Crippen LogP contribution in [0.1, 0.15) is 71.7 Å². The third kappa shape index (κ3) is 4.24. The number of alkyl halides is 2. The van der Waals surface area contributed by atoms with Gasteiger partial charge in [0, 0.05) is 55.4 Å². The number of rotatable bonds is 4. The van der Waals surface area contributed by atoms with Crippen molar-refractivity contribution in [2.75, 3.05) is 13.6 Å². The van der Waals surface area contributed by atoms with E-state index in [0.717, 1.165) is 71.4 Å². The van der Waals surface area contributed by atoms with Gasteiger partial charge in [-0.1, -0.05) is 30.7 Å². The number of nitrogens with zero attached hydrogens (tertiary/aromatic N) is 5. The second-order valence-electron chi connectivity index (χ2n) is 11.7. The van der Waals surface area contributed by atoms with Gasteiger partial charge in [0.15, 0.2) is 0 Å². The predicted octanol–water partition coefficient (Wildman–Crippen LogP) is 6.06. The zero-order valence-electron chi connectivity index (χ0n) is 23.4. The van der Waals surface area contributed by atoms with E-state index in [9.17, 15) is 13.6 Å². The molecular formula is C32H34F2N6O. The fourth-order valence-corrected chi connectivity index (χ4v) is 7.27. The first-order valence-electron chi connectivity index (χ1n) is 14.5. The number of fused-ring (bicyclic) bond motifs is 4. The van der Waals surface area contributed by atoms with E-state index in [-0.39, 0.29) is 22.9 Å². The van der Waals surface area contributed by atoms with Crippen molar-refractivity contribution < 1.29 is 13.6 Å². The maximum absolute atomic E-state index is 14.5. The fourth-order valence-electron chi connectivity index (χ4n) is 7.27. The van der Waals surface area contributed by atoms with Crippen molar-refractivity contribution in [3.05, 3.63) is 88.5 Å². The molecule has 1 saturated carbocycles. The summed E-state index contributed by atoms with van der Waals surface area (Å²) < 4.78 is 32.7. The second-order valence-corrected chi connectivity index (χ2v) is 11.7. The number of urea groups is 1. The number of hydrogen-bond acceptors (Lipinski definition) is 3. The van der Waals surface area contributed by atoms with Gasteiger partial charge in [-0.25, -0.2) is 18.3 Å². The molecule has 9 heteroatoms. The third-order valence-electron chi connectivity index (χ3n) is 9.36. The molecule has 212 valence electrons. The number of carbonyl (C=O) groups is 1. The molecular weight excluding hydrogens is 522 g/mol. The minimum atomic E-state index is -2.58. The summed E-state index contributed by atoms with van der Waals surface area (Å²) in [4.78, 5) is 14.5. The van der Waals surface area contributed by atoms with Gasteiger partial charge in [-0.2, -0.15) is 10.2 Å². The van der Waals surface area contributed by atoms with Crippen molar-refractivity contribution in [2.45, 2.75) is 62.8 Å². The smallest absolute Gasteiger partial charge is 0.317 e. The lowest BCUT2D eigenvalue weighted by atomic mass is 9.81. The summed E-state index contributed by atoms with van der Waals surface area (Å²) in [6.07, 6.45) is 6.36. The topological polar surface area (TPSA) is 68.0 Å². The Labute approximate surface area is 238 Å². The molecule has 1 fully saturated rings. The van der Waals surface area contributed by atoms with Gasteiger partial charge in [-0.15, -0.1) is 0 Å². The largest absolute Gasteiger partial charge is 0.341 e. The Morgan fingerprint density at radius 3 is 2.71 bits per heavy atom. The van der Waals surface area contributed by atoms with Crippen molar-refractivity contribution in [1.29, 1.82) is 0 Å². The van der Waals surface area contributed by atoms with Gasteiger partial charge in [0.05, 0.1) is 29.8 Å². The van der Waals surface area contributed by atoms with Crippen LogP contribution in [0.4, 0.5) is 13.6 Å². The highest BCUT2D eigenvalue weighted by atomic mass is 19.3. The number of benzene rings is 2. The van der Waals surface area contributed by atoms with Crippen LogP contribution < -0.4 is 5.32 Å². The monoisotopic (exact) mass is 556 g/mol. The van der Waals surface area contributed by atoms with Crippen LogP contribution in [0.3, 0.4) is 0 Å². The predicted molar refractivity (Wildman–Crippen MR) is 152 cm³/mol. The Bertz CT molecular complexity index is 1630. The molecule has 0 unspecified atom stereocenters. The molecule has 41 heavy (non-hydrogen) atoms. The van der Waals surface area contributed by atoms with Crippen molar-refractivity contribution in [3.8, 4) is 16.8 Å². The molecule has 3 heterocycles. The van der Waals surface area contributed by atoms with Gasteiger partial charge in [0.1, 0.15) is 0 Å². The summed E-state index contributed by atoms with van der Waals surface area (Å²) in [5.74, 6) is 0.122. The van der Waals surface area contributed by atoms with E-state index >= 15 is 0 Å². The Balaban J connectivity index is 1.36. The molecule has 2 aromatic carbocycles. The van der Waals surface area contributed by atoms with E-state index in [0.29, 0.717) is 25.1 Å². The van der Waals surface area contributed by atoms with Crippen LogP contribution in [0.25, 0.3) is 16.8 Å². The van der Waals surface area contributed by atoms with E-state index < -0.39 is 6.43 Å². The normalized spacial score (nSPS) is 21.5. The van der Waals surface area contributed by atoms with E-state index in [4.69, 9.17) is 5.10 Å². The van der Waals surface area contributed by atoms with Gasteiger partial charge in [-0.05, 0) is 66.5 Å². The van der Waals surface area contributed by atoms with Crippen LogP contribution in [-0.4, -0.2) is 44.1 Å². The van der Waals surface area contributed by atoms with Crippen LogP contribution in [0, 0.1) is 0 Å². The van der Waals surface area contributed by atoms with E-state index in [1.54, 1.807) is 37.2 Å². The van der Waals surface area contributed by atoms with Crippen LogP contribution >= 0.6 is 0 Å². The Kier molecular flexibility index (Phi) is 6.21. The lowest BCUT2D eigenvalue weighted by Gasteiger charge is -2.29. The zero-order chi connectivity index (χ0) is 28.3. The molecule has 0 radical (unpaired) electrons. The SMILES string of the molecule is CNC(=O)N1CCc2c(c([C@@]34CCCCc5cc(-c6cnn(C)c6)c(C(F)F)cc5[C@@H]3C4)nn2-c2ccccc2)C1. The average molecular weight is 557 g/mol. The number of para-hydroxylation sites is 1. The van der Waals surface area contributed by atoms with E-state index in [2.05, 4.69) is 27.2 Å². The first-order valence-corrected chi connectivity index (χ1v) is 14.5. The average Bonchev–Trinajstić information content (AvgIpc) is 3.31. The number of nitrogens with one attached hydrogen (secondary N) is 1. The molecule has 2 atom stereocenters. The standard InChI is InChI=1S/C32H34F2N6O/c1-35-31(41)39-13-11-28-26(19-39)29(37-40(28)22-9-4-3-5-10-22)32-12-7-6-8-20-14-23(21-17-36-38(2)18-21)25(30(33)34)15-24(20)27(32)16-32/h3-5,9-10,14-15,17-18,27,30H,6-8,11-13,16,19H2,1-2H3,(H,35,41)/t27-,32+/m0/s1. The van der Waals surface area contributed by atoms with Crippen LogP contribution in [-0.2, 0) is 31.8 Å². The second kappa shape index (κ2) is 9.82. The molecule has 2 aromatic heterocycles. The molecule has 3 aliphatic rings. The highest BCUT2D eigenvalue weighted by Crippen LogP contribution is 2.65. The Morgan fingerprint density at radius 2 is 1.98 bits per heavy atom. The van der Waals surface area contributed by atoms with Crippen molar-refractivity contribution in [1.82, 2.24) is 29.8 Å². The van der Waals surface area contributed by atoms with Crippen LogP contribution in [0.15, 0.2) is 54.9 Å². The number of amides is 2. The first kappa shape index (κ1) is 25.9. The number of hydrogen-bond donors (Lipinski definition) is 1. The summed E-state index contributed by atoms with van der Waals surface area (Å²) in [6, 6.07) is 13.8. The molecule has 1 aliphatic heterocycles. The lowest BCUT2D eigenvalue weighted by molar-refractivity contribution is 0.152. The van der Waals surface area contributed by atoms with Crippen molar-refractivity contribution in [2.24, 2.45) is 7.05 Å². The summed E-state index contributed by atoms with van der Waals surface area (Å²) in [5.41, 5.74) is 7.65. The molecule has 0 saturated heterocycles. The first-order chi connectivity index (χ1) is 19.9. The number of carbonyl (C=O) groups excluding carboxylic acids is 1. The van der Waals surface area contributed by atoms with Crippen molar-refractivity contribution in [3.63, 3.8) is 0 Å². The maximum Gasteiger partial charge on any atom is 0.317 e. The van der Waals surface area contributed by atoms with Gasteiger partial charge in [-0.3, -0.25) is 4.68 Å². The van der Waals surface area contributed by atoms with Crippen molar-refractivity contribution >= 4 is 6.03 Å². The van der Waals surface area contributed by atoms with Gasteiger partial charge >= 0.3 is 6.03 Å². The minimum absolute atomic E-state index is 0.0701. The molecule has 2 amide bonds. The summed E-state index contributed by atoms with van der Waals surface area (Å²) in [7, 11) is 3.46. The Hall–Kier alpha value is -4.01. The molecule has 0 bridgehead atoms. The lowest BCUT2D eigenvalue weighted by Crippen LogP contribution is -2.41. The highest BCUT2D eigenvalue weighted by molar-refractivity contribution is 5.74. The van der Waals surface area contributed by atoms with E-state index in [1.807, 2.05) is 29.2 Å². The van der Waals surface area contributed by atoms with E-state index in [1.165, 1.54) is 0 Å². The highest BCUT2D eigenvalue weighted by Gasteiger charge is 2.59. The van der Waals surface area contributed by atoms with Gasteiger partial charge < -0.3 is 10.2 Å². The minimum Gasteiger partial charge on any atom is -0.341 e.